The number of sulfonamides is 1. The van der Waals surface area contributed by atoms with Crippen molar-refractivity contribution in [2.45, 2.75) is 65.2 Å². The SMILES string of the molecule is CCNC(=O)[C@@H](NC(=O)[C@H](C)NC[C@H](Cc1ccccc1)NC(=O)c1cc(C(=O)N[C@H](C)c2ccc(OC)cc2)cc(N(C)S(C)(=O)=O)c1)C(C)C. The molecular weight excluding hydrogens is 685 g/mol. The molecule has 14 heteroatoms. The quantitative estimate of drug-likeness (QED) is 0.132. The first kappa shape index (κ1) is 41.5. The molecule has 282 valence electrons. The van der Waals surface area contributed by atoms with Gasteiger partial charge in [0.2, 0.25) is 21.8 Å². The molecule has 0 aromatic heterocycles. The number of anilines is 1. The van der Waals surface area contributed by atoms with E-state index in [1.165, 1.54) is 25.2 Å². The summed E-state index contributed by atoms with van der Waals surface area (Å²) in [6.07, 6.45) is 1.43. The maximum absolute atomic E-state index is 13.9. The van der Waals surface area contributed by atoms with E-state index in [-0.39, 0.29) is 41.1 Å². The number of hydrogen-bond acceptors (Lipinski definition) is 8. The van der Waals surface area contributed by atoms with Crippen LogP contribution in [0, 0.1) is 5.92 Å². The predicted octanol–water partition coefficient (Wildman–Crippen LogP) is 3.18. The van der Waals surface area contributed by atoms with Gasteiger partial charge in [-0.05, 0) is 74.6 Å². The lowest BCUT2D eigenvalue weighted by Gasteiger charge is -2.25. The Labute approximate surface area is 307 Å². The first-order valence-corrected chi connectivity index (χ1v) is 19.1. The Morgan fingerprint density at radius 3 is 1.94 bits per heavy atom. The predicted molar refractivity (Wildman–Crippen MR) is 203 cm³/mol. The largest absolute Gasteiger partial charge is 0.497 e. The van der Waals surface area contributed by atoms with E-state index in [9.17, 15) is 27.6 Å². The van der Waals surface area contributed by atoms with Gasteiger partial charge in [0.05, 0.1) is 31.1 Å². The molecule has 0 fully saturated rings. The highest BCUT2D eigenvalue weighted by atomic mass is 32.2. The summed E-state index contributed by atoms with van der Waals surface area (Å²) in [6.45, 7) is 9.61. The summed E-state index contributed by atoms with van der Waals surface area (Å²) in [5.41, 5.74) is 2.04. The first-order valence-electron chi connectivity index (χ1n) is 17.2. The van der Waals surface area contributed by atoms with E-state index in [0.717, 1.165) is 21.7 Å². The van der Waals surface area contributed by atoms with E-state index < -0.39 is 46.0 Å². The summed E-state index contributed by atoms with van der Waals surface area (Å²) in [6, 6.07) is 18.6. The monoisotopic (exact) mass is 736 g/mol. The third-order valence-electron chi connectivity index (χ3n) is 8.59. The van der Waals surface area contributed by atoms with Crippen molar-refractivity contribution >= 4 is 39.3 Å². The van der Waals surface area contributed by atoms with Crippen LogP contribution in [0.5, 0.6) is 5.75 Å². The van der Waals surface area contributed by atoms with Gasteiger partial charge in [-0.3, -0.25) is 23.5 Å². The minimum Gasteiger partial charge on any atom is -0.497 e. The van der Waals surface area contributed by atoms with E-state index in [4.69, 9.17) is 4.74 Å². The third kappa shape index (κ3) is 12.1. The molecule has 3 rings (SSSR count). The first-order chi connectivity index (χ1) is 24.5. The van der Waals surface area contributed by atoms with Gasteiger partial charge in [0.15, 0.2) is 0 Å². The van der Waals surface area contributed by atoms with Crippen LogP contribution in [0.15, 0.2) is 72.8 Å². The zero-order valence-electron chi connectivity index (χ0n) is 31.1. The molecule has 0 bridgehead atoms. The van der Waals surface area contributed by atoms with Gasteiger partial charge in [0.25, 0.3) is 11.8 Å². The van der Waals surface area contributed by atoms with Gasteiger partial charge in [-0.25, -0.2) is 8.42 Å². The maximum atomic E-state index is 13.9. The number of amides is 4. The highest BCUT2D eigenvalue weighted by Crippen LogP contribution is 2.23. The number of ether oxygens (including phenoxy) is 1. The molecule has 0 aliphatic carbocycles. The van der Waals surface area contributed by atoms with Gasteiger partial charge < -0.3 is 31.3 Å². The molecule has 0 radical (unpaired) electrons. The lowest BCUT2D eigenvalue weighted by molar-refractivity contribution is -0.130. The van der Waals surface area contributed by atoms with Crippen LogP contribution in [0.1, 0.15) is 72.5 Å². The fourth-order valence-corrected chi connectivity index (χ4v) is 5.84. The number of carbonyl (C=O) groups is 4. The van der Waals surface area contributed by atoms with Crippen LogP contribution in [-0.4, -0.2) is 83.7 Å². The zero-order valence-corrected chi connectivity index (χ0v) is 32.0. The smallest absolute Gasteiger partial charge is 0.251 e. The van der Waals surface area contributed by atoms with Crippen molar-refractivity contribution in [3.8, 4) is 5.75 Å². The Balaban J connectivity index is 1.87. The summed E-state index contributed by atoms with van der Waals surface area (Å²) in [4.78, 5) is 53.1. The number of benzene rings is 3. The van der Waals surface area contributed by atoms with Crippen molar-refractivity contribution in [2.24, 2.45) is 5.92 Å². The van der Waals surface area contributed by atoms with E-state index in [0.29, 0.717) is 18.7 Å². The fourth-order valence-electron chi connectivity index (χ4n) is 5.35. The Hall–Kier alpha value is -4.95. The minimum atomic E-state index is -3.74. The summed E-state index contributed by atoms with van der Waals surface area (Å²) in [7, 11) is -0.832. The second kappa shape index (κ2) is 19.0. The highest BCUT2D eigenvalue weighted by molar-refractivity contribution is 7.92. The molecule has 0 aliphatic heterocycles. The molecule has 0 spiro atoms. The van der Waals surface area contributed by atoms with E-state index >= 15 is 0 Å². The van der Waals surface area contributed by atoms with Crippen LogP contribution in [-0.2, 0) is 26.0 Å². The van der Waals surface area contributed by atoms with Crippen molar-refractivity contribution in [3.05, 3.63) is 95.1 Å². The van der Waals surface area contributed by atoms with Crippen molar-refractivity contribution in [1.29, 1.82) is 0 Å². The Bertz CT molecular complexity index is 1780. The normalized spacial score (nSPS) is 13.6. The number of likely N-dealkylation sites (N-methyl/N-ethyl adjacent to an activating group) is 1. The Morgan fingerprint density at radius 1 is 0.808 bits per heavy atom. The van der Waals surface area contributed by atoms with Gasteiger partial charge in [-0.1, -0.05) is 56.3 Å². The second-order valence-electron chi connectivity index (χ2n) is 13.1. The lowest BCUT2D eigenvalue weighted by atomic mass is 10.0. The topological polar surface area (TPSA) is 175 Å². The summed E-state index contributed by atoms with van der Waals surface area (Å²) in [5.74, 6) is -1.15. The molecule has 52 heavy (non-hydrogen) atoms. The van der Waals surface area contributed by atoms with Crippen LogP contribution in [0.3, 0.4) is 0 Å². The van der Waals surface area contributed by atoms with Crippen LogP contribution >= 0.6 is 0 Å². The molecule has 3 aromatic rings. The molecular formula is C38H52N6O7S. The third-order valence-corrected chi connectivity index (χ3v) is 9.79. The van der Waals surface area contributed by atoms with Gasteiger partial charge in [0.1, 0.15) is 11.8 Å². The van der Waals surface area contributed by atoms with Gasteiger partial charge in [-0.2, -0.15) is 0 Å². The summed E-state index contributed by atoms with van der Waals surface area (Å²) in [5, 5.41) is 14.7. The Morgan fingerprint density at radius 2 is 1.40 bits per heavy atom. The van der Waals surface area contributed by atoms with Crippen LogP contribution in [0.2, 0.25) is 0 Å². The number of rotatable bonds is 18. The zero-order chi connectivity index (χ0) is 38.6. The lowest BCUT2D eigenvalue weighted by Crippen LogP contribution is -2.55. The van der Waals surface area contributed by atoms with Gasteiger partial charge in [0, 0.05) is 37.3 Å². The molecule has 5 N–H and O–H groups in total. The molecule has 3 aromatic carbocycles. The maximum Gasteiger partial charge on any atom is 0.251 e. The standard InChI is InChI=1S/C38H52N6O7S/c1-9-39-38(48)34(24(2)3)43-35(45)26(5)40-23-31(19-27-13-11-10-12-14-27)42-37(47)30-20-29(21-32(22-30)44(6)52(8,49)50)36(46)41-25(4)28-15-17-33(51-7)18-16-28/h10-18,20-22,24-26,31,34,40H,9,19,23H2,1-8H3,(H,39,48)(H,41,46)(H,42,47)(H,43,45)/t25-,26+,31+,34+/m1/s1. The fraction of sp³-hybridized carbons (Fsp3) is 0.421. The van der Waals surface area contributed by atoms with E-state index in [1.54, 1.807) is 26.2 Å². The summed E-state index contributed by atoms with van der Waals surface area (Å²) >= 11 is 0. The minimum absolute atomic E-state index is 0.0702. The van der Waals surface area contributed by atoms with Crippen LogP contribution in [0.25, 0.3) is 0 Å². The highest BCUT2D eigenvalue weighted by Gasteiger charge is 2.27. The molecule has 0 heterocycles. The van der Waals surface area contributed by atoms with Crippen molar-refractivity contribution in [3.63, 3.8) is 0 Å². The van der Waals surface area contributed by atoms with Crippen LogP contribution < -0.4 is 35.6 Å². The summed E-state index contributed by atoms with van der Waals surface area (Å²) < 4.78 is 31.3. The van der Waals surface area contributed by atoms with Crippen molar-refractivity contribution in [2.75, 3.05) is 37.8 Å². The van der Waals surface area contributed by atoms with Crippen molar-refractivity contribution in [1.82, 2.24) is 26.6 Å². The number of hydrogen-bond donors (Lipinski definition) is 5. The molecule has 0 unspecified atom stereocenters. The van der Waals surface area contributed by atoms with Crippen LogP contribution in [0.4, 0.5) is 5.69 Å². The number of nitrogens with zero attached hydrogens (tertiary/aromatic N) is 1. The number of nitrogens with one attached hydrogen (secondary N) is 5. The molecule has 13 nitrogen and oxygen atoms in total. The molecule has 0 saturated heterocycles. The second-order valence-corrected chi connectivity index (χ2v) is 15.1. The van der Waals surface area contributed by atoms with Crippen molar-refractivity contribution < 1.29 is 32.3 Å². The van der Waals surface area contributed by atoms with Gasteiger partial charge >= 0.3 is 0 Å². The Kier molecular flexibility index (Phi) is 15.2. The van der Waals surface area contributed by atoms with E-state index in [2.05, 4.69) is 26.6 Å². The average Bonchev–Trinajstić information content (AvgIpc) is 3.11. The molecule has 0 aliphatic rings. The average molecular weight is 737 g/mol. The molecule has 4 amide bonds. The molecule has 0 saturated carbocycles. The number of carbonyl (C=O) groups excluding carboxylic acids is 4. The number of methoxy groups -OCH3 is 1. The van der Waals surface area contributed by atoms with Gasteiger partial charge in [-0.15, -0.1) is 0 Å². The molecule has 4 atom stereocenters. The van der Waals surface area contributed by atoms with E-state index in [1.807, 2.05) is 70.2 Å².